The minimum atomic E-state index is -1.31. The third-order valence-corrected chi connectivity index (χ3v) is 5.80. The van der Waals surface area contributed by atoms with Crippen LogP contribution in [0.25, 0.3) is 17.2 Å². The van der Waals surface area contributed by atoms with Gasteiger partial charge in [0.2, 0.25) is 5.91 Å². The summed E-state index contributed by atoms with van der Waals surface area (Å²) in [6, 6.07) is 11.5. The zero-order valence-electron chi connectivity index (χ0n) is 14.9. The molecule has 6 heteroatoms. The van der Waals surface area contributed by atoms with Crippen molar-refractivity contribution in [2.75, 3.05) is 5.32 Å². The molecule has 0 unspecified atom stereocenters. The van der Waals surface area contributed by atoms with Gasteiger partial charge >= 0.3 is 0 Å². The van der Waals surface area contributed by atoms with E-state index in [1.165, 1.54) is 34.3 Å². The number of hydrogen-bond donors (Lipinski definition) is 1. The molecular formula is C21H18NO3S2-. The zero-order chi connectivity index (χ0) is 19.4. The van der Waals surface area contributed by atoms with Crippen molar-refractivity contribution in [1.29, 1.82) is 0 Å². The van der Waals surface area contributed by atoms with Crippen molar-refractivity contribution < 1.29 is 14.7 Å². The van der Waals surface area contributed by atoms with Crippen LogP contribution in [0.5, 0.6) is 0 Å². The molecule has 0 radical (unpaired) electrons. The molecule has 0 saturated heterocycles. The maximum atomic E-state index is 12.1. The van der Waals surface area contributed by atoms with Crippen LogP contribution in [0.15, 0.2) is 53.2 Å². The first-order chi connectivity index (χ1) is 13.0. The van der Waals surface area contributed by atoms with Crippen molar-refractivity contribution in [3.8, 4) is 11.1 Å². The largest absolute Gasteiger partial charge is 0.545 e. The molecule has 0 aliphatic carbocycles. The summed E-state index contributed by atoms with van der Waals surface area (Å²) in [6.07, 6.45) is 3.08. The Labute approximate surface area is 165 Å². The van der Waals surface area contributed by atoms with Gasteiger partial charge in [-0.25, -0.2) is 0 Å². The number of carbonyl (C=O) groups is 2. The molecule has 3 aromatic rings. The molecule has 2 aromatic heterocycles. The quantitative estimate of drug-likeness (QED) is 0.618. The van der Waals surface area contributed by atoms with Gasteiger partial charge in [-0.3, -0.25) is 4.79 Å². The van der Waals surface area contributed by atoms with Gasteiger partial charge in [-0.05, 0) is 34.6 Å². The summed E-state index contributed by atoms with van der Waals surface area (Å²) < 4.78 is 0. The Bertz CT molecular complexity index is 968. The van der Waals surface area contributed by atoms with Gasteiger partial charge in [0.1, 0.15) is 5.00 Å². The third-order valence-electron chi connectivity index (χ3n) is 4.06. The fourth-order valence-corrected chi connectivity index (χ4v) is 4.19. The van der Waals surface area contributed by atoms with E-state index in [0.29, 0.717) is 11.5 Å². The number of benzene rings is 1. The number of carbonyl (C=O) groups excluding carboxylic acids is 2. The lowest BCUT2D eigenvalue weighted by molar-refractivity contribution is -0.254. The molecule has 0 aliphatic heterocycles. The molecule has 0 aliphatic rings. The molecular weight excluding hydrogens is 378 g/mol. The van der Waals surface area contributed by atoms with Crippen molar-refractivity contribution >= 4 is 45.6 Å². The van der Waals surface area contributed by atoms with E-state index in [-0.39, 0.29) is 16.5 Å². The van der Waals surface area contributed by atoms with Crippen molar-refractivity contribution in [1.82, 2.24) is 0 Å². The molecule has 0 atom stereocenters. The summed E-state index contributed by atoms with van der Waals surface area (Å²) in [5.74, 6) is -1.29. The molecule has 0 fully saturated rings. The van der Waals surface area contributed by atoms with Crippen LogP contribution >= 0.6 is 22.7 Å². The predicted octanol–water partition coefficient (Wildman–Crippen LogP) is 4.62. The second-order valence-corrected chi connectivity index (χ2v) is 8.11. The third kappa shape index (κ3) is 4.53. The Morgan fingerprint density at radius 1 is 1.11 bits per heavy atom. The molecule has 0 bridgehead atoms. The van der Waals surface area contributed by atoms with Crippen LogP contribution in [0.1, 0.15) is 40.6 Å². The van der Waals surface area contributed by atoms with Crippen LogP contribution in [0.2, 0.25) is 0 Å². The van der Waals surface area contributed by atoms with Gasteiger partial charge < -0.3 is 15.2 Å². The monoisotopic (exact) mass is 396 g/mol. The number of carboxylic acids is 1. The molecule has 0 saturated carbocycles. The summed E-state index contributed by atoms with van der Waals surface area (Å²) in [6.45, 7) is 4.20. The summed E-state index contributed by atoms with van der Waals surface area (Å²) in [7, 11) is 0. The van der Waals surface area contributed by atoms with Crippen LogP contribution in [-0.4, -0.2) is 11.9 Å². The minimum Gasteiger partial charge on any atom is -0.545 e. The molecule has 3 rings (SSSR count). The maximum Gasteiger partial charge on any atom is 0.249 e. The Morgan fingerprint density at radius 2 is 1.85 bits per heavy atom. The first kappa shape index (κ1) is 19.1. The van der Waals surface area contributed by atoms with E-state index in [1.807, 2.05) is 41.8 Å². The van der Waals surface area contributed by atoms with E-state index < -0.39 is 5.97 Å². The number of carboxylic acid groups (broad SMARTS) is 1. The lowest BCUT2D eigenvalue weighted by Gasteiger charge is -2.10. The standard InChI is InChI=1S/C21H19NO3S2/c1-13(2)14-5-7-15(8-6-14)17-12-27-20(19(17)21(24)25)22-18(23)10-9-16-4-3-11-26-16/h3-13H,1-2H3,(H,22,23)(H,24,25)/p-1. The highest BCUT2D eigenvalue weighted by Crippen LogP contribution is 2.35. The summed E-state index contributed by atoms with van der Waals surface area (Å²) >= 11 is 2.69. The van der Waals surface area contributed by atoms with Crippen molar-refractivity contribution in [2.24, 2.45) is 0 Å². The average Bonchev–Trinajstić information content (AvgIpc) is 3.29. The lowest BCUT2D eigenvalue weighted by Crippen LogP contribution is -2.24. The molecule has 2 heterocycles. The Hall–Kier alpha value is -2.70. The van der Waals surface area contributed by atoms with Crippen molar-refractivity contribution in [3.63, 3.8) is 0 Å². The van der Waals surface area contributed by atoms with Gasteiger partial charge in [-0.15, -0.1) is 22.7 Å². The Kier molecular flexibility index (Phi) is 5.88. The second-order valence-electron chi connectivity index (χ2n) is 6.26. The average molecular weight is 397 g/mol. The highest BCUT2D eigenvalue weighted by Gasteiger charge is 2.16. The number of anilines is 1. The zero-order valence-corrected chi connectivity index (χ0v) is 16.5. The number of amides is 1. The smallest absolute Gasteiger partial charge is 0.249 e. The fraction of sp³-hybridized carbons (Fsp3) is 0.143. The Morgan fingerprint density at radius 3 is 2.44 bits per heavy atom. The van der Waals surface area contributed by atoms with Gasteiger partial charge in [-0.2, -0.15) is 0 Å². The first-order valence-corrected chi connectivity index (χ1v) is 10.2. The molecule has 1 N–H and O–H groups in total. The second kappa shape index (κ2) is 8.33. The maximum absolute atomic E-state index is 12.1. The van der Waals surface area contributed by atoms with Gasteiger partial charge in [0.25, 0.3) is 0 Å². The van der Waals surface area contributed by atoms with Crippen LogP contribution in [0, 0.1) is 0 Å². The summed E-state index contributed by atoms with van der Waals surface area (Å²) in [5.41, 5.74) is 2.52. The normalized spacial score (nSPS) is 11.2. The van der Waals surface area contributed by atoms with E-state index in [2.05, 4.69) is 19.2 Å². The van der Waals surface area contributed by atoms with E-state index in [9.17, 15) is 14.7 Å². The highest BCUT2D eigenvalue weighted by molar-refractivity contribution is 7.15. The predicted molar refractivity (Wildman–Crippen MR) is 110 cm³/mol. The molecule has 4 nitrogen and oxygen atoms in total. The topological polar surface area (TPSA) is 69.2 Å². The molecule has 138 valence electrons. The summed E-state index contributed by atoms with van der Waals surface area (Å²) in [5, 5.41) is 18.3. The van der Waals surface area contributed by atoms with Crippen LogP contribution in [0.3, 0.4) is 0 Å². The van der Waals surface area contributed by atoms with Gasteiger partial charge in [0.15, 0.2) is 0 Å². The number of thiophene rings is 2. The van der Waals surface area contributed by atoms with Gasteiger partial charge in [0.05, 0.1) is 5.97 Å². The molecule has 27 heavy (non-hydrogen) atoms. The number of hydrogen-bond acceptors (Lipinski definition) is 5. The number of rotatable bonds is 6. The highest BCUT2D eigenvalue weighted by atomic mass is 32.1. The molecule has 1 amide bonds. The van der Waals surface area contributed by atoms with E-state index >= 15 is 0 Å². The number of aromatic carboxylic acids is 1. The van der Waals surface area contributed by atoms with Crippen LogP contribution in [0.4, 0.5) is 5.00 Å². The van der Waals surface area contributed by atoms with E-state index in [1.54, 1.807) is 11.5 Å². The minimum absolute atomic E-state index is 0.00942. The van der Waals surface area contributed by atoms with E-state index in [4.69, 9.17) is 0 Å². The number of nitrogens with one attached hydrogen (secondary N) is 1. The molecule has 0 spiro atoms. The van der Waals surface area contributed by atoms with Crippen molar-refractivity contribution in [2.45, 2.75) is 19.8 Å². The van der Waals surface area contributed by atoms with Gasteiger partial charge in [0, 0.05) is 27.5 Å². The van der Waals surface area contributed by atoms with Crippen molar-refractivity contribution in [3.05, 3.63) is 69.2 Å². The lowest BCUT2D eigenvalue weighted by atomic mass is 9.98. The SMILES string of the molecule is CC(C)c1ccc(-c2csc(NC(=O)C=Cc3cccs3)c2C(=O)[O-])cc1. The molecule has 1 aromatic carbocycles. The van der Waals surface area contributed by atoms with Crippen LogP contribution < -0.4 is 10.4 Å². The van der Waals surface area contributed by atoms with E-state index in [0.717, 1.165) is 10.4 Å². The van der Waals surface area contributed by atoms with Gasteiger partial charge in [-0.1, -0.05) is 44.2 Å². The Balaban J connectivity index is 1.85. The first-order valence-electron chi connectivity index (χ1n) is 8.41. The fourth-order valence-electron chi connectivity index (χ4n) is 2.61. The summed E-state index contributed by atoms with van der Waals surface area (Å²) in [4.78, 5) is 24.8. The van der Waals surface area contributed by atoms with Crippen LogP contribution in [-0.2, 0) is 4.79 Å².